The predicted octanol–water partition coefficient (Wildman–Crippen LogP) is 5.44. The van der Waals surface area contributed by atoms with E-state index in [-0.39, 0.29) is 12.5 Å². The predicted molar refractivity (Wildman–Crippen MR) is 119 cm³/mol. The zero-order chi connectivity index (χ0) is 20.5. The highest BCUT2D eigenvalue weighted by Gasteiger charge is 2.47. The van der Waals surface area contributed by atoms with E-state index < -0.39 is 5.97 Å². The first-order valence-electron chi connectivity index (χ1n) is 11.9. The van der Waals surface area contributed by atoms with E-state index in [4.69, 9.17) is 9.84 Å². The number of fused-ring (bicyclic) bond motifs is 2. The molecule has 5 atom stereocenters. The van der Waals surface area contributed by atoms with Crippen molar-refractivity contribution in [2.24, 2.45) is 17.8 Å². The van der Waals surface area contributed by atoms with Gasteiger partial charge in [-0.3, -0.25) is 4.79 Å². The first-order chi connectivity index (χ1) is 14.1. The standard InChI is InChI=1S/C24H40O4S/c25-21(18-9-5-6-10-18)12-7-8-16-29-17-20-19(22-14-15-23(20)28-22)11-3-1-2-4-13-24(26)27/h1,3,18-23,25H,2,4-17H2,(H,26,27)/t19-,20-,21?,22-,23+/m1/s1. The number of allylic oxidation sites excluding steroid dienone is 2. The van der Waals surface area contributed by atoms with Gasteiger partial charge in [-0.15, -0.1) is 0 Å². The fraction of sp³-hybridized carbons (Fsp3) is 0.875. The summed E-state index contributed by atoms with van der Waals surface area (Å²) in [5.74, 6) is 3.58. The summed E-state index contributed by atoms with van der Waals surface area (Å²) < 4.78 is 6.22. The van der Waals surface area contributed by atoms with Crippen LogP contribution < -0.4 is 0 Å². The summed E-state index contributed by atoms with van der Waals surface area (Å²) in [6.45, 7) is 0. The number of carbonyl (C=O) groups is 1. The van der Waals surface area contributed by atoms with Crippen LogP contribution in [0.5, 0.6) is 0 Å². The van der Waals surface area contributed by atoms with Crippen LogP contribution in [-0.2, 0) is 9.53 Å². The number of carboxylic acid groups (broad SMARTS) is 1. The van der Waals surface area contributed by atoms with Crippen molar-refractivity contribution in [1.29, 1.82) is 0 Å². The van der Waals surface area contributed by atoms with E-state index in [0.29, 0.717) is 30.0 Å². The molecule has 5 heteroatoms. The van der Waals surface area contributed by atoms with Crippen LogP contribution in [0.15, 0.2) is 12.2 Å². The zero-order valence-electron chi connectivity index (χ0n) is 17.8. The Labute approximate surface area is 180 Å². The number of aliphatic carboxylic acids is 1. The number of thioether (sulfide) groups is 1. The highest BCUT2D eigenvalue weighted by molar-refractivity contribution is 7.99. The van der Waals surface area contributed by atoms with Crippen LogP contribution in [0.1, 0.15) is 83.5 Å². The van der Waals surface area contributed by atoms with Crippen LogP contribution in [0.2, 0.25) is 0 Å². The Morgan fingerprint density at radius 1 is 1.03 bits per heavy atom. The van der Waals surface area contributed by atoms with Gasteiger partial charge in [0.2, 0.25) is 0 Å². The van der Waals surface area contributed by atoms with Gasteiger partial charge in [-0.2, -0.15) is 11.8 Å². The molecule has 0 aromatic rings. The third kappa shape index (κ3) is 7.29. The van der Waals surface area contributed by atoms with Gasteiger partial charge in [-0.05, 0) is 87.0 Å². The number of ether oxygens (including phenoxy) is 1. The second-order valence-corrected chi connectivity index (χ2v) is 10.4. The molecule has 4 nitrogen and oxygen atoms in total. The van der Waals surface area contributed by atoms with E-state index in [1.54, 1.807) is 0 Å². The van der Waals surface area contributed by atoms with Gasteiger partial charge in [0.1, 0.15) is 0 Å². The van der Waals surface area contributed by atoms with Crippen molar-refractivity contribution in [3.05, 3.63) is 12.2 Å². The summed E-state index contributed by atoms with van der Waals surface area (Å²) in [6.07, 6.45) is 19.1. The third-order valence-electron chi connectivity index (χ3n) is 7.22. The molecule has 0 amide bonds. The van der Waals surface area contributed by atoms with E-state index in [1.807, 2.05) is 0 Å². The van der Waals surface area contributed by atoms with Crippen molar-refractivity contribution < 1.29 is 19.7 Å². The average molecular weight is 425 g/mol. The summed E-state index contributed by atoms with van der Waals surface area (Å²) >= 11 is 2.08. The van der Waals surface area contributed by atoms with Crippen molar-refractivity contribution >= 4 is 17.7 Å². The molecule has 2 N–H and O–H groups in total. The minimum Gasteiger partial charge on any atom is -0.481 e. The van der Waals surface area contributed by atoms with Crippen LogP contribution >= 0.6 is 11.8 Å². The lowest BCUT2D eigenvalue weighted by molar-refractivity contribution is -0.137. The Hall–Kier alpha value is -0.520. The molecule has 3 aliphatic rings. The highest BCUT2D eigenvalue weighted by Crippen LogP contribution is 2.46. The molecule has 29 heavy (non-hydrogen) atoms. The molecule has 1 saturated carbocycles. The maximum atomic E-state index is 10.6. The van der Waals surface area contributed by atoms with Gasteiger partial charge < -0.3 is 14.9 Å². The SMILES string of the molecule is O=C(O)CCCC=CC[C@@H]1[C@@H](CSCCCCC(O)C2CCCC2)[C@@H]2CC[C@H]1O2. The molecule has 166 valence electrons. The second kappa shape index (κ2) is 12.4. The molecule has 1 unspecified atom stereocenters. The molecular formula is C24H40O4S. The van der Waals surface area contributed by atoms with Crippen molar-refractivity contribution in [3.63, 3.8) is 0 Å². The lowest BCUT2D eigenvalue weighted by Crippen LogP contribution is -2.28. The summed E-state index contributed by atoms with van der Waals surface area (Å²) in [6, 6.07) is 0. The van der Waals surface area contributed by atoms with Crippen LogP contribution in [-0.4, -0.2) is 46.0 Å². The van der Waals surface area contributed by atoms with Gasteiger partial charge in [-0.25, -0.2) is 0 Å². The van der Waals surface area contributed by atoms with Crippen molar-refractivity contribution in [1.82, 2.24) is 0 Å². The normalized spacial score (nSPS) is 30.5. The Balaban J connectivity index is 1.28. The maximum absolute atomic E-state index is 10.6. The molecule has 0 aromatic carbocycles. The first-order valence-corrected chi connectivity index (χ1v) is 13.1. The Bertz CT molecular complexity index is 517. The zero-order valence-corrected chi connectivity index (χ0v) is 18.7. The van der Waals surface area contributed by atoms with Gasteiger partial charge >= 0.3 is 5.97 Å². The van der Waals surface area contributed by atoms with Crippen molar-refractivity contribution in [2.75, 3.05) is 11.5 Å². The number of aliphatic hydroxyl groups excluding tert-OH is 1. The summed E-state index contributed by atoms with van der Waals surface area (Å²) in [5.41, 5.74) is 0. The lowest BCUT2D eigenvalue weighted by Gasteiger charge is -2.27. The molecule has 1 aliphatic carbocycles. The van der Waals surface area contributed by atoms with Gasteiger partial charge in [0.25, 0.3) is 0 Å². The van der Waals surface area contributed by atoms with Gasteiger partial charge in [0.15, 0.2) is 0 Å². The number of hydrogen-bond donors (Lipinski definition) is 2. The summed E-state index contributed by atoms with van der Waals surface area (Å²) in [7, 11) is 0. The van der Waals surface area contributed by atoms with Crippen molar-refractivity contribution in [2.45, 2.75) is 102 Å². The quantitative estimate of drug-likeness (QED) is 0.287. The van der Waals surface area contributed by atoms with Crippen LogP contribution in [0.4, 0.5) is 0 Å². The summed E-state index contributed by atoms with van der Waals surface area (Å²) in [5, 5.41) is 19.0. The van der Waals surface area contributed by atoms with Gasteiger partial charge in [0.05, 0.1) is 18.3 Å². The number of hydrogen-bond acceptors (Lipinski definition) is 4. The molecule has 3 rings (SSSR count). The molecule has 2 aliphatic heterocycles. The van der Waals surface area contributed by atoms with E-state index in [2.05, 4.69) is 23.9 Å². The Morgan fingerprint density at radius 2 is 1.79 bits per heavy atom. The Morgan fingerprint density at radius 3 is 2.55 bits per heavy atom. The van der Waals surface area contributed by atoms with Crippen LogP contribution in [0.25, 0.3) is 0 Å². The highest BCUT2D eigenvalue weighted by atomic mass is 32.2. The largest absolute Gasteiger partial charge is 0.481 e. The average Bonchev–Trinajstić information content (AvgIpc) is 3.45. The maximum Gasteiger partial charge on any atom is 0.303 e. The molecule has 2 bridgehead atoms. The Kier molecular flexibility index (Phi) is 9.87. The van der Waals surface area contributed by atoms with E-state index >= 15 is 0 Å². The smallest absolute Gasteiger partial charge is 0.303 e. The molecule has 0 aromatic heterocycles. The topological polar surface area (TPSA) is 66.8 Å². The van der Waals surface area contributed by atoms with Crippen LogP contribution in [0.3, 0.4) is 0 Å². The minimum absolute atomic E-state index is 0.0619. The van der Waals surface area contributed by atoms with E-state index in [0.717, 1.165) is 32.1 Å². The van der Waals surface area contributed by atoms with E-state index in [1.165, 1.54) is 56.5 Å². The number of aliphatic hydroxyl groups is 1. The molecule has 0 spiro atoms. The molecule has 3 fully saturated rings. The molecule has 2 saturated heterocycles. The first kappa shape index (κ1) is 23.1. The number of rotatable bonds is 14. The molecular weight excluding hydrogens is 384 g/mol. The fourth-order valence-electron chi connectivity index (χ4n) is 5.53. The third-order valence-corrected chi connectivity index (χ3v) is 8.42. The second-order valence-electron chi connectivity index (χ2n) is 9.29. The van der Waals surface area contributed by atoms with Crippen molar-refractivity contribution in [3.8, 4) is 0 Å². The number of unbranched alkanes of at least 4 members (excludes halogenated alkanes) is 2. The molecule has 0 radical (unpaired) electrons. The lowest BCUT2D eigenvalue weighted by atomic mass is 9.78. The van der Waals surface area contributed by atoms with Gasteiger partial charge in [0, 0.05) is 6.42 Å². The van der Waals surface area contributed by atoms with Crippen LogP contribution in [0, 0.1) is 17.8 Å². The summed E-state index contributed by atoms with van der Waals surface area (Å²) in [4.78, 5) is 10.6. The minimum atomic E-state index is -0.704. The van der Waals surface area contributed by atoms with E-state index in [9.17, 15) is 9.90 Å². The van der Waals surface area contributed by atoms with Gasteiger partial charge in [-0.1, -0.05) is 31.4 Å². The molecule has 2 heterocycles. The fourth-order valence-corrected chi connectivity index (χ4v) is 6.83. The monoisotopic (exact) mass is 424 g/mol. The number of carboxylic acids is 1.